The molecule has 0 aliphatic heterocycles. The number of phenolic OH excluding ortho intramolecular Hbond substituents is 2. The molecule has 0 saturated heterocycles. The van der Waals surface area contributed by atoms with Crippen LogP contribution in [-0.4, -0.2) is 56.2 Å². The highest BCUT2D eigenvalue weighted by Gasteiger charge is 2.12. The normalized spacial score (nSPS) is 11.1. The van der Waals surface area contributed by atoms with E-state index in [1.807, 2.05) is 48.5 Å². The fraction of sp³-hybridized carbons (Fsp3) is 0.0645. The Balaban J connectivity index is 0.000000952. The van der Waals surface area contributed by atoms with Crippen LogP contribution in [0.1, 0.15) is 32.1 Å². The summed E-state index contributed by atoms with van der Waals surface area (Å²) in [5.41, 5.74) is 5.57. The molecule has 212 valence electrons. The first-order chi connectivity index (χ1) is 20.2. The summed E-state index contributed by atoms with van der Waals surface area (Å²) < 4.78 is 9.56. The van der Waals surface area contributed by atoms with Crippen molar-refractivity contribution in [3.05, 3.63) is 114 Å². The number of aromatic hydroxyl groups is 2. The monoisotopic (exact) mass is 581 g/mol. The maximum atomic E-state index is 12.6. The molecule has 0 unspecified atom stereocenters. The number of benzene rings is 4. The molecule has 0 bridgehead atoms. The van der Waals surface area contributed by atoms with E-state index in [0.717, 1.165) is 21.5 Å². The number of hydrogen-bond donors (Lipinski definition) is 4. The first-order valence-electron chi connectivity index (χ1n) is 12.5. The van der Waals surface area contributed by atoms with Gasteiger partial charge in [-0.15, -0.1) is 0 Å². The number of carbonyl (C=O) groups is 2. The number of phenols is 2. The summed E-state index contributed by atoms with van der Waals surface area (Å²) in [4.78, 5) is 29.2. The first-order valence-corrected chi connectivity index (χ1v) is 14.5. The van der Waals surface area contributed by atoms with E-state index >= 15 is 0 Å². The fourth-order valence-corrected chi connectivity index (χ4v) is 3.95. The predicted molar refractivity (Wildman–Crippen MR) is 166 cm³/mol. The van der Waals surface area contributed by atoms with Crippen LogP contribution in [0.3, 0.4) is 0 Å². The van der Waals surface area contributed by atoms with Crippen LogP contribution < -0.4 is 10.9 Å². The molecule has 0 radical (unpaired) electrons. The Morgan fingerprint density at radius 2 is 1.07 bits per heavy atom. The van der Waals surface area contributed by atoms with E-state index in [1.54, 1.807) is 36.8 Å². The van der Waals surface area contributed by atoms with Crippen LogP contribution in [0.5, 0.6) is 11.5 Å². The smallest absolute Gasteiger partial charge is 0.289 e. The molecular formula is C31H27N5O5S. The van der Waals surface area contributed by atoms with Crippen molar-refractivity contribution in [3.63, 3.8) is 0 Å². The lowest BCUT2D eigenvalue weighted by Crippen LogP contribution is -2.23. The second-order valence-corrected chi connectivity index (χ2v) is 10.5. The molecule has 5 rings (SSSR count). The summed E-state index contributed by atoms with van der Waals surface area (Å²) in [6, 6.07) is 26.0. The minimum Gasteiger partial charge on any atom is -0.507 e. The Morgan fingerprint density at radius 3 is 1.50 bits per heavy atom. The number of hydrazone groups is 2. The second-order valence-electron chi connectivity index (χ2n) is 8.99. The van der Waals surface area contributed by atoms with Crippen LogP contribution in [0.4, 0.5) is 0 Å². The Kier molecular flexibility index (Phi) is 9.69. The Morgan fingerprint density at radius 1 is 0.667 bits per heavy atom. The van der Waals surface area contributed by atoms with Gasteiger partial charge in [-0.2, -0.15) is 10.2 Å². The van der Waals surface area contributed by atoms with Crippen LogP contribution in [-0.2, 0) is 10.8 Å². The summed E-state index contributed by atoms with van der Waals surface area (Å²) in [7, 11) is -0.611. The number of nitrogens with zero attached hydrogens (tertiary/aromatic N) is 3. The third kappa shape index (κ3) is 7.40. The molecule has 1 heterocycles. The number of aromatic nitrogens is 1. The molecule has 42 heavy (non-hydrogen) atoms. The average Bonchev–Trinajstić information content (AvgIpc) is 2.99. The van der Waals surface area contributed by atoms with Gasteiger partial charge >= 0.3 is 0 Å². The lowest BCUT2D eigenvalue weighted by atomic mass is 10.0. The highest BCUT2D eigenvalue weighted by atomic mass is 32.2. The molecular weight excluding hydrogens is 554 g/mol. The molecule has 10 nitrogen and oxygen atoms in total. The van der Waals surface area contributed by atoms with Gasteiger partial charge in [0.25, 0.3) is 11.8 Å². The molecule has 0 fully saturated rings. The number of rotatable bonds is 6. The number of fused-ring (bicyclic) bond motifs is 2. The van der Waals surface area contributed by atoms with Gasteiger partial charge < -0.3 is 10.2 Å². The van der Waals surface area contributed by atoms with Gasteiger partial charge in [-0.3, -0.25) is 13.8 Å². The van der Waals surface area contributed by atoms with Gasteiger partial charge in [0.05, 0.1) is 12.4 Å². The third-order valence-corrected chi connectivity index (χ3v) is 5.83. The molecule has 11 heteroatoms. The molecule has 0 aliphatic carbocycles. The summed E-state index contributed by atoms with van der Waals surface area (Å²) in [6.45, 7) is 0. The third-order valence-electron chi connectivity index (χ3n) is 5.83. The van der Waals surface area contributed by atoms with E-state index < -0.39 is 22.6 Å². The highest BCUT2D eigenvalue weighted by molar-refractivity contribution is 7.83. The quantitative estimate of drug-likeness (QED) is 0.173. The van der Waals surface area contributed by atoms with Gasteiger partial charge in [0.1, 0.15) is 22.9 Å². The van der Waals surface area contributed by atoms with Crippen LogP contribution in [0.15, 0.2) is 101 Å². The summed E-state index contributed by atoms with van der Waals surface area (Å²) in [5, 5.41) is 31.7. The van der Waals surface area contributed by atoms with Gasteiger partial charge in [0.15, 0.2) is 0 Å². The standard InChI is InChI=1S/C29H21N5O4.C2H6OS/c35-26-14-12-18-6-1-3-8-20(18)22(26)16-30-33-28(37)24-10-5-11-25(32-24)29(38)34-31-17-23-21-9-4-2-7-19(21)13-15-27(23)36;1-4(2)3/h1-17,35-36H,(H,33,37)(H,34,38);1-2H3/b30-16+,31-17+;. The Hall–Kier alpha value is -5.42. The van der Waals surface area contributed by atoms with Gasteiger partial charge in [-0.1, -0.05) is 66.7 Å². The van der Waals surface area contributed by atoms with Crippen molar-refractivity contribution in [3.8, 4) is 11.5 Å². The van der Waals surface area contributed by atoms with Gasteiger partial charge in [0, 0.05) is 34.4 Å². The number of hydrogen-bond acceptors (Lipinski definition) is 8. The zero-order valence-corrected chi connectivity index (χ0v) is 23.5. The topological polar surface area (TPSA) is 153 Å². The van der Waals surface area contributed by atoms with E-state index in [2.05, 4.69) is 26.0 Å². The van der Waals surface area contributed by atoms with Crippen molar-refractivity contribution in [1.82, 2.24) is 15.8 Å². The SMILES string of the molecule is CS(C)=O.O=C(N/N=C/c1c(O)ccc2ccccc12)c1cccc(C(=O)N/N=C/c2c(O)ccc3ccccc23)n1. The van der Waals surface area contributed by atoms with Crippen molar-refractivity contribution in [2.45, 2.75) is 0 Å². The van der Waals surface area contributed by atoms with E-state index in [-0.39, 0.29) is 22.9 Å². The lowest BCUT2D eigenvalue weighted by Gasteiger charge is -2.06. The van der Waals surface area contributed by atoms with E-state index in [1.165, 1.54) is 30.6 Å². The number of pyridine rings is 1. The molecule has 0 saturated carbocycles. The molecule has 0 atom stereocenters. The zero-order valence-electron chi connectivity index (χ0n) is 22.7. The maximum absolute atomic E-state index is 12.6. The summed E-state index contributed by atoms with van der Waals surface area (Å²) in [6.07, 6.45) is 5.98. The van der Waals surface area contributed by atoms with E-state index in [9.17, 15) is 24.0 Å². The number of carbonyl (C=O) groups excluding carboxylic acids is 2. The van der Waals surface area contributed by atoms with E-state index in [4.69, 9.17) is 0 Å². The van der Waals surface area contributed by atoms with E-state index in [0.29, 0.717) is 11.1 Å². The van der Waals surface area contributed by atoms with Crippen LogP contribution in [0.25, 0.3) is 21.5 Å². The minimum absolute atomic E-state index is 0.0240. The van der Waals surface area contributed by atoms with Crippen molar-refractivity contribution >= 4 is 56.6 Å². The summed E-state index contributed by atoms with van der Waals surface area (Å²) in [5.74, 6) is -1.23. The Labute approximate surface area is 243 Å². The van der Waals surface area contributed by atoms with Gasteiger partial charge in [-0.05, 0) is 45.8 Å². The molecule has 5 aromatic rings. The number of amides is 2. The minimum atomic E-state index is -0.639. The predicted octanol–water partition coefficient (Wildman–Crippen LogP) is 4.32. The maximum Gasteiger partial charge on any atom is 0.289 e. The summed E-state index contributed by atoms with van der Waals surface area (Å²) >= 11 is 0. The molecule has 0 aliphatic rings. The molecule has 1 aromatic heterocycles. The van der Waals surface area contributed by atoms with Crippen molar-refractivity contribution < 1.29 is 24.0 Å². The highest BCUT2D eigenvalue weighted by Crippen LogP contribution is 2.26. The lowest BCUT2D eigenvalue weighted by molar-refractivity contribution is 0.0945. The fourth-order valence-electron chi connectivity index (χ4n) is 3.95. The first kappa shape index (κ1) is 29.6. The van der Waals surface area contributed by atoms with Gasteiger partial charge in [-0.25, -0.2) is 15.8 Å². The van der Waals surface area contributed by atoms with Crippen LogP contribution >= 0.6 is 0 Å². The molecule has 0 spiro atoms. The average molecular weight is 582 g/mol. The number of nitrogens with one attached hydrogen (secondary N) is 2. The second kappa shape index (κ2) is 13.8. The van der Waals surface area contributed by atoms with Crippen molar-refractivity contribution in [2.75, 3.05) is 12.5 Å². The zero-order chi connectivity index (χ0) is 30.1. The Bertz CT molecular complexity index is 1730. The largest absolute Gasteiger partial charge is 0.507 e. The van der Waals surface area contributed by atoms with Gasteiger partial charge in [0.2, 0.25) is 0 Å². The molecule has 4 aromatic carbocycles. The van der Waals surface area contributed by atoms with Crippen molar-refractivity contribution in [1.29, 1.82) is 0 Å². The molecule has 2 amide bonds. The van der Waals surface area contributed by atoms with Crippen molar-refractivity contribution in [2.24, 2.45) is 10.2 Å². The molecule has 4 N–H and O–H groups in total. The van der Waals surface area contributed by atoms with Crippen LogP contribution in [0, 0.1) is 0 Å². The van der Waals surface area contributed by atoms with Crippen LogP contribution in [0.2, 0.25) is 0 Å².